The van der Waals surface area contributed by atoms with Crippen LogP contribution in [0.4, 0.5) is 8.78 Å². The molecule has 0 N–H and O–H groups in total. The topological polar surface area (TPSA) is 0 Å². The molecule has 0 heterocycles. The number of alkyl halides is 2. The fourth-order valence-electron chi connectivity index (χ4n) is 1.34. The average molecular weight is 172 g/mol. The second-order valence-electron chi connectivity index (χ2n) is 3.05. The van der Waals surface area contributed by atoms with Gasteiger partial charge in [-0.3, -0.25) is 0 Å². The number of hydrogen-bond donors (Lipinski definition) is 0. The third-order valence-electron chi connectivity index (χ3n) is 1.97. The molecular weight excluding hydrogens is 158 g/mol. The van der Waals surface area contributed by atoms with Crippen LogP contribution in [0.1, 0.15) is 32.1 Å². The second kappa shape index (κ2) is 5.07. The lowest BCUT2D eigenvalue weighted by Gasteiger charge is -2.07. The SMILES string of the molecule is FC(F)CC=CC1=CCCCC1. The third-order valence-corrected chi connectivity index (χ3v) is 1.97. The first-order valence-corrected chi connectivity index (χ1v) is 4.43. The van der Waals surface area contributed by atoms with Crippen molar-refractivity contribution >= 4 is 0 Å². The number of rotatable bonds is 3. The minimum absolute atomic E-state index is 0.114. The van der Waals surface area contributed by atoms with Crippen molar-refractivity contribution in [2.24, 2.45) is 0 Å². The van der Waals surface area contributed by atoms with Gasteiger partial charge in [-0.05, 0) is 25.7 Å². The summed E-state index contributed by atoms with van der Waals surface area (Å²) in [5.41, 5.74) is 1.22. The highest BCUT2D eigenvalue weighted by atomic mass is 19.3. The van der Waals surface area contributed by atoms with Crippen LogP contribution in [0.5, 0.6) is 0 Å². The Morgan fingerprint density at radius 1 is 1.42 bits per heavy atom. The predicted octanol–water partition coefficient (Wildman–Crippen LogP) is 3.70. The minimum atomic E-state index is -2.20. The summed E-state index contributed by atoms with van der Waals surface area (Å²) in [6, 6.07) is 0. The first-order valence-electron chi connectivity index (χ1n) is 4.43. The summed E-state index contributed by atoms with van der Waals surface area (Å²) in [4.78, 5) is 0. The van der Waals surface area contributed by atoms with Gasteiger partial charge in [0, 0.05) is 6.42 Å². The predicted molar refractivity (Wildman–Crippen MR) is 46.3 cm³/mol. The van der Waals surface area contributed by atoms with Crippen molar-refractivity contribution in [1.82, 2.24) is 0 Å². The Bertz CT molecular complexity index is 180. The largest absolute Gasteiger partial charge is 0.242 e. The van der Waals surface area contributed by atoms with Crippen molar-refractivity contribution in [2.75, 3.05) is 0 Å². The molecule has 1 rings (SSSR count). The van der Waals surface area contributed by atoms with Gasteiger partial charge in [0.05, 0.1) is 0 Å². The van der Waals surface area contributed by atoms with Gasteiger partial charge in [0.1, 0.15) is 0 Å². The molecule has 0 aromatic carbocycles. The lowest BCUT2D eigenvalue weighted by atomic mass is 9.99. The molecule has 0 aromatic rings. The summed E-state index contributed by atoms with van der Waals surface area (Å²) >= 11 is 0. The fraction of sp³-hybridized carbons (Fsp3) is 0.600. The Labute approximate surface area is 72.0 Å². The fourth-order valence-corrected chi connectivity index (χ4v) is 1.34. The van der Waals surface area contributed by atoms with E-state index >= 15 is 0 Å². The summed E-state index contributed by atoms with van der Waals surface area (Å²) in [5, 5.41) is 0. The third kappa shape index (κ3) is 3.65. The van der Waals surface area contributed by atoms with E-state index in [2.05, 4.69) is 6.08 Å². The van der Waals surface area contributed by atoms with Gasteiger partial charge < -0.3 is 0 Å². The zero-order valence-corrected chi connectivity index (χ0v) is 7.10. The van der Waals surface area contributed by atoms with Crippen LogP contribution in [0.2, 0.25) is 0 Å². The van der Waals surface area contributed by atoms with Gasteiger partial charge in [-0.1, -0.05) is 23.8 Å². The molecule has 12 heavy (non-hydrogen) atoms. The Kier molecular flexibility index (Phi) is 3.98. The van der Waals surface area contributed by atoms with Crippen LogP contribution < -0.4 is 0 Å². The zero-order chi connectivity index (χ0) is 8.81. The van der Waals surface area contributed by atoms with E-state index in [1.54, 1.807) is 6.08 Å². The molecule has 68 valence electrons. The van der Waals surface area contributed by atoms with Crippen molar-refractivity contribution in [2.45, 2.75) is 38.5 Å². The molecule has 1 aliphatic carbocycles. The van der Waals surface area contributed by atoms with E-state index in [0.717, 1.165) is 12.8 Å². The maximum absolute atomic E-state index is 11.7. The van der Waals surface area contributed by atoms with E-state index in [1.807, 2.05) is 6.08 Å². The van der Waals surface area contributed by atoms with E-state index in [4.69, 9.17) is 0 Å². The van der Waals surface area contributed by atoms with Gasteiger partial charge in [0.25, 0.3) is 0 Å². The first-order chi connectivity index (χ1) is 5.79. The summed E-state index contributed by atoms with van der Waals surface area (Å²) in [6.07, 6.45) is 7.84. The molecule has 0 nitrogen and oxygen atoms in total. The van der Waals surface area contributed by atoms with Crippen LogP contribution in [-0.2, 0) is 0 Å². The van der Waals surface area contributed by atoms with Crippen LogP contribution in [0.3, 0.4) is 0 Å². The van der Waals surface area contributed by atoms with E-state index < -0.39 is 6.43 Å². The van der Waals surface area contributed by atoms with Gasteiger partial charge in [0.2, 0.25) is 6.43 Å². The van der Waals surface area contributed by atoms with Crippen LogP contribution in [0.25, 0.3) is 0 Å². The highest BCUT2D eigenvalue weighted by molar-refractivity contribution is 5.19. The summed E-state index contributed by atoms with van der Waals surface area (Å²) in [7, 11) is 0. The molecule has 2 heteroatoms. The molecule has 0 bridgehead atoms. The maximum atomic E-state index is 11.7. The van der Waals surface area contributed by atoms with Crippen LogP contribution >= 0.6 is 0 Å². The molecule has 0 fully saturated rings. The number of halogens is 2. The molecule has 0 unspecified atom stereocenters. The molecule has 0 spiro atoms. The van der Waals surface area contributed by atoms with E-state index in [0.29, 0.717) is 0 Å². The Morgan fingerprint density at radius 3 is 2.83 bits per heavy atom. The summed E-state index contributed by atoms with van der Waals surface area (Å²) in [5.74, 6) is 0. The smallest absolute Gasteiger partial charge is 0.210 e. The van der Waals surface area contributed by atoms with E-state index in [9.17, 15) is 8.78 Å². The molecule has 0 radical (unpaired) electrons. The highest BCUT2D eigenvalue weighted by Crippen LogP contribution is 2.18. The van der Waals surface area contributed by atoms with Gasteiger partial charge in [-0.2, -0.15) is 0 Å². The summed E-state index contributed by atoms with van der Waals surface area (Å²) in [6.45, 7) is 0. The van der Waals surface area contributed by atoms with Crippen LogP contribution in [-0.4, -0.2) is 6.43 Å². The lowest BCUT2D eigenvalue weighted by Crippen LogP contribution is -1.89. The molecule has 1 aliphatic rings. The van der Waals surface area contributed by atoms with Crippen molar-refractivity contribution in [3.8, 4) is 0 Å². The first kappa shape index (κ1) is 9.43. The highest BCUT2D eigenvalue weighted by Gasteiger charge is 2.00. The Hall–Kier alpha value is -0.660. The molecule has 0 amide bonds. The van der Waals surface area contributed by atoms with Crippen molar-refractivity contribution in [1.29, 1.82) is 0 Å². The Morgan fingerprint density at radius 2 is 2.25 bits per heavy atom. The molecular formula is C10H14F2. The van der Waals surface area contributed by atoms with Gasteiger partial charge in [-0.25, -0.2) is 8.78 Å². The molecule has 0 saturated heterocycles. The van der Waals surface area contributed by atoms with Gasteiger partial charge in [-0.15, -0.1) is 0 Å². The van der Waals surface area contributed by atoms with Crippen molar-refractivity contribution in [3.05, 3.63) is 23.8 Å². The monoisotopic (exact) mass is 172 g/mol. The lowest BCUT2D eigenvalue weighted by molar-refractivity contribution is 0.152. The van der Waals surface area contributed by atoms with Gasteiger partial charge >= 0.3 is 0 Å². The minimum Gasteiger partial charge on any atom is -0.210 e. The zero-order valence-electron chi connectivity index (χ0n) is 7.10. The Balaban J connectivity index is 2.29. The van der Waals surface area contributed by atoms with E-state index in [1.165, 1.54) is 18.4 Å². The van der Waals surface area contributed by atoms with Crippen LogP contribution in [0, 0.1) is 0 Å². The number of allylic oxidation sites excluding steroid dienone is 4. The van der Waals surface area contributed by atoms with Crippen LogP contribution in [0.15, 0.2) is 23.8 Å². The average Bonchev–Trinajstić information content (AvgIpc) is 2.05. The molecule has 0 aromatic heterocycles. The quantitative estimate of drug-likeness (QED) is 0.609. The standard InChI is InChI=1S/C10H14F2/c11-10(12)8-4-7-9-5-2-1-3-6-9/h4-5,7,10H,1-3,6,8H2. The molecule has 0 aliphatic heterocycles. The van der Waals surface area contributed by atoms with Crippen molar-refractivity contribution < 1.29 is 8.78 Å². The molecule has 0 atom stereocenters. The van der Waals surface area contributed by atoms with E-state index in [-0.39, 0.29) is 6.42 Å². The summed E-state index contributed by atoms with van der Waals surface area (Å²) < 4.78 is 23.4. The maximum Gasteiger partial charge on any atom is 0.242 e. The second-order valence-corrected chi connectivity index (χ2v) is 3.05. The normalized spacial score (nSPS) is 18.8. The number of hydrogen-bond acceptors (Lipinski definition) is 0. The van der Waals surface area contributed by atoms with Gasteiger partial charge in [0.15, 0.2) is 0 Å². The van der Waals surface area contributed by atoms with Crippen molar-refractivity contribution in [3.63, 3.8) is 0 Å². The molecule has 0 saturated carbocycles.